The van der Waals surface area contributed by atoms with Crippen LogP contribution in [0, 0.1) is 5.92 Å². The lowest BCUT2D eigenvalue weighted by Gasteiger charge is -2.54. The van der Waals surface area contributed by atoms with Crippen LogP contribution in [-0.2, 0) is 6.54 Å². The van der Waals surface area contributed by atoms with E-state index in [9.17, 15) is 0 Å². The van der Waals surface area contributed by atoms with Crippen LogP contribution >= 0.6 is 11.6 Å². The van der Waals surface area contributed by atoms with Crippen molar-refractivity contribution in [1.82, 2.24) is 10.2 Å². The van der Waals surface area contributed by atoms with Gasteiger partial charge >= 0.3 is 0 Å². The number of nitrogens with zero attached hydrogens (tertiary/aromatic N) is 1. The van der Waals surface area contributed by atoms with Crippen LogP contribution in [0.2, 0.25) is 5.02 Å². The van der Waals surface area contributed by atoms with E-state index in [1.807, 2.05) is 18.2 Å². The molecule has 0 spiro atoms. The predicted octanol–water partition coefficient (Wildman–Crippen LogP) is 5.73. The molecule has 2 atom stereocenters. The van der Waals surface area contributed by atoms with Crippen molar-refractivity contribution in [3.8, 4) is 5.75 Å². The molecule has 2 bridgehead atoms. The zero-order valence-electron chi connectivity index (χ0n) is 18.6. The SMILES string of the molecule is COc1ccc(Cl)cc1CN[C@@H]1C2CCN(CC2)[C@H]1C(c1ccccc1)c1ccccc1. The molecule has 166 valence electrons. The molecule has 0 aliphatic carbocycles. The van der Waals surface area contributed by atoms with Crippen LogP contribution in [0.5, 0.6) is 5.75 Å². The van der Waals surface area contributed by atoms with E-state index in [4.69, 9.17) is 16.3 Å². The predicted molar refractivity (Wildman–Crippen MR) is 131 cm³/mol. The Labute approximate surface area is 196 Å². The molecular formula is C28H31ClN2O. The van der Waals surface area contributed by atoms with Crippen LogP contribution in [0.3, 0.4) is 0 Å². The minimum Gasteiger partial charge on any atom is -0.496 e. The Morgan fingerprint density at radius 2 is 1.56 bits per heavy atom. The van der Waals surface area contributed by atoms with Gasteiger partial charge in [0.2, 0.25) is 0 Å². The number of methoxy groups -OCH3 is 1. The number of hydrogen-bond acceptors (Lipinski definition) is 3. The van der Waals surface area contributed by atoms with Gasteiger partial charge in [0.15, 0.2) is 0 Å². The second-order valence-electron chi connectivity index (χ2n) is 9.03. The summed E-state index contributed by atoms with van der Waals surface area (Å²) in [5.41, 5.74) is 3.90. The van der Waals surface area contributed by atoms with Crippen LogP contribution in [0.4, 0.5) is 0 Å². The Kier molecular flexibility index (Phi) is 6.49. The van der Waals surface area contributed by atoms with Crippen LogP contribution in [0.1, 0.15) is 35.4 Å². The van der Waals surface area contributed by atoms with Crippen molar-refractivity contribution in [2.75, 3.05) is 20.2 Å². The van der Waals surface area contributed by atoms with Crippen molar-refractivity contribution in [3.05, 3.63) is 101 Å². The maximum Gasteiger partial charge on any atom is 0.123 e. The fraction of sp³-hybridized carbons (Fsp3) is 0.357. The lowest BCUT2D eigenvalue weighted by molar-refractivity contribution is 0.00462. The summed E-state index contributed by atoms with van der Waals surface area (Å²) in [6, 6.07) is 28.8. The van der Waals surface area contributed by atoms with Crippen LogP contribution < -0.4 is 10.1 Å². The number of piperidine rings is 3. The Hall–Kier alpha value is -2.33. The quantitative estimate of drug-likeness (QED) is 0.501. The van der Waals surface area contributed by atoms with Crippen molar-refractivity contribution in [2.45, 2.75) is 37.4 Å². The Bertz CT molecular complexity index is 979. The molecule has 3 saturated heterocycles. The molecule has 3 aliphatic heterocycles. The first-order valence-electron chi connectivity index (χ1n) is 11.6. The largest absolute Gasteiger partial charge is 0.496 e. The summed E-state index contributed by atoms with van der Waals surface area (Å²) in [5.74, 6) is 1.91. The topological polar surface area (TPSA) is 24.5 Å². The van der Waals surface area contributed by atoms with Gasteiger partial charge in [0.1, 0.15) is 5.75 Å². The van der Waals surface area contributed by atoms with E-state index in [2.05, 4.69) is 70.9 Å². The minimum atomic E-state index is 0.333. The average Bonchev–Trinajstić information content (AvgIpc) is 2.85. The van der Waals surface area contributed by atoms with Gasteiger partial charge in [-0.05, 0) is 61.2 Å². The van der Waals surface area contributed by atoms with Crippen LogP contribution in [0.25, 0.3) is 0 Å². The van der Waals surface area contributed by atoms with Gasteiger partial charge < -0.3 is 10.1 Å². The molecule has 32 heavy (non-hydrogen) atoms. The second kappa shape index (κ2) is 9.66. The smallest absolute Gasteiger partial charge is 0.123 e. The number of rotatable bonds is 7. The molecule has 0 aromatic heterocycles. The van der Waals surface area contributed by atoms with Crippen molar-refractivity contribution >= 4 is 11.6 Å². The second-order valence-corrected chi connectivity index (χ2v) is 9.46. The maximum atomic E-state index is 6.31. The number of fused-ring (bicyclic) bond motifs is 3. The van der Waals surface area contributed by atoms with Gasteiger partial charge in [0, 0.05) is 35.1 Å². The molecule has 3 aliphatic rings. The summed E-state index contributed by atoms with van der Waals surface area (Å²) in [5, 5.41) is 4.71. The van der Waals surface area contributed by atoms with Crippen LogP contribution in [-0.4, -0.2) is 37.2 Å². The fourth-order valence-electron chi connectivity index (χ4n) is 5.81. The first-order valence-corrected chi connectivity index (χ1v) is 12.0. The van der Waals surface area contributed by atoms with Gasteiger partial charge in [-0.1, -0.05) is 72.3 Å². The summed E-state index contributed by atoms with van der Waals surface area (Å²) in [6.45, 7) is 3.12. The highest BCUT2D eigenvalue weighted by Crippen LogP contribution is 2.42. The van der Waals surface area contributed by atoms with Gasteiger partial charge in [-0.2, -0.15) is 0 Å². The van der Waals surface area contributed by atoms with Crippen molar-refractivity contribution in [2.24, 2.45) is 5.92 Å². The van der Waals surface area contributed by atoms with Gasteiger partial charge in [-0.3, -0.25) is 4.90 Å². The minimum absolute atomic E-state index is 0.333. The van der Waals surface area contributed by atoms with E-state index in [0.717, 1.165) is 22.9 Å². The van der Waals surface area contributed by atoms with E-state index in [0.29, 0.717) is 23.9 Å². The number of hydrogen-bond donors (Lipinski definition) is 1. The summed E-state index contributed by atoms with van der Waals surface area (Å²) < 4.78 is 5.61. The summed E-state index contributed by atoms with van der Waals surface area (Å²) in [6.07, 6.45) is 2.52. The zero-order chi connectivity index (χ0) is 21.9. The van der Waals surface area contributed by atoms with Crippen molar-refractivity contribution in [3.63, 3.8) is 0 Å². The van der Waals surface area contributed by atoms with Crippen molar-refractivity contribution in [1.29, 1.82) is 0 Å². The lowest BCUT2D eigenvalue weighted by atomic mass is 9.70. The molecule has 3 aromatic rings. The molecule has 0 radical (unpaired) electrons. The number of nitrogens with one attached hydrogen (secondary N) is 1. The molecule has 1 N–H and O–H groups in total. The normalized spacial score (nSPS) is 24.6. The van der Waals surface area contributed by atoms with E-state index >= 15 is 0 Å². The standard InChI is InChI=1S/C28H31ClN2O/c1-32-25-13-12-24(29)18-23(25)19-30-27-22-14-16-31(17-15-22)28(27)26(20-8-4-2-5-9-20)21-10-6-3-7-11-21/h2-13,18,22,26-28,30H,14-17,19H2,1H3/t27-,28+/m1/s1. The summed E-state index contributed by atoms with van der Waals surface area (Å²) >= 11 is 6.31. The van der Waals surface area contributed by atoms with Crippen LogP contribution in [0.15, 0.2) is 78.9 Å². The first kappa shape index (κ1) is 21.5. The highest BCUT2D eigenvalue weighted by atomic mass is 35.5. The number of benzene rings is 3. The molecule has 3 nitrogen and oxygen atoms in total. The first-order chi connectivity index (χ1) is 15.7. The van der Waals surface area contributed by atoms with Gasteiger partial charge in [0.25, 0.3) is 0 Å². The van der Waals surface area contributed by atoms with Crippen molar-refractivity contribution < 1.29 is 4.74 Å². The van der Waals surface area contributed by atoms with Gasteiger partial charge in [-0.15, -0.1) is 0 Å². The Balaban J connectivity index is 1.49. The molecule has 3 fully saturated rings. The summed E-state index contributed by atoms with van der Waals surface area (Å²) in [4.78, 5) is 2.72. The van der Waals surface area contributed by atoms with Gasteiger partial charge in [0.05, 0.1) is 7.11 Å². The highest BCUT2D eigenvalue weighted by Gasteiger charge is 2.46. The Morgan fingerprint density at radius 1 is 0.938 bits per heavy atom. The monoisotopic (exact) mass is 446 g/mol. The lowest BCUT2D eigenvalue weighted by Crippen LogP contribution is -2.64. The number of ether oxygens (including phenoxy) is 1. The molecule has 3 heterocycles. The highest BCUT2D eigenvalue weighted by molar-refractivity contribution is 6.30. The average molecular weight is 447 g/mol. The molecule has 3 aromatic carbocycles. The third kappa shape index (κ3) is 4.30. The molecule has 0 unspecified atom stereocenters. The van der Waals surface area contributed by atoms with E-state index in [1.54, 1.807) is 7.11 Å². The summed E-state index contributed by atoms with van der Waals surface area (Å²) in [7, 11) is 1.73. The number of halogens is 1. The molecule has 0 amide bonds. The third-order valence-electron chi connectivity index (χ3n) is 7.30. The molecule has 0 saturated carbocycles. The Morgan fingerprint density at radius 3 is 2.16 bits per heavy atom. The molecule has 6 rings (SSSR count). The van der Waals surface area contributed by atoms with E-state index in [1.165, 1.54) is 37.1 Å². The van der Waals surface area contributed by atoms with E-state index < -0.39 is 0 Å². The molecular weight excluding hydrogens is 416 g/mol. The maximum absolute atomic E-state index is 6.31. The molecule has 4 heteroatoms. The fourth-order valence-corrected chi connectivity index (χ4v) is 6.00. The van der Waals surface area contributed by atoms with E-state index in [-0.39, 0.29) is 0 Å². The third-order valence-corrected chi connectivity index (χ3v) is 7.54. The van der Waals surface area contributed by atoms with Gasteiger partial charge in [-0.25, -0.2) is 0 Å². The zero-order valence-corrected chi connectivity index (χ0v) is 19.3.